The first-order chi connectivity index (χ1) is 17.4. The monoisotopic (exact) mass is 487 g/mol. The summed E-state index contributed by atoms with van der Waals surface area (Å²) in [4.78, 5) is 20.0. The van der Waals surface area contributed by atoms with Gasteiger partial charge in [-0.25, -0.2) is 9.37 Å². The number of aliphatic hydroxyl groups excluding tert-OH is 1. The Kier molecular flexibility index (Phi) is 6.26. The van der Waals surface area contributed by atoms with E-state index in [4.69, 9.17) is 16.0 Å². The molecule has 0 spiro atoms. The van der Waals surface area contributed by atoms with Gasteiger partial charge in [-0.1, -0.05) is 12.1 Å². The molecule has 0 bridgehead atoms. The van der Waals surface area contributed by atoms with Gasteiger partial charge in [-0.3, -0.25) is 9.48 Å². The van der Waals surface area contributed by atoms with Crippen LogP contribution in [0, 0.1) is 17.1 Å². The molecule has 1 fully saturated rings. The number of hydrogen-bond donors (Lipinski definition) is 2. The lowest BCUT2D eigenvalue weighted by molar-refractivity contribution is 0.0690. The van der Waals surface area contributed by atoms with Gasteiger partial charge in [0.05, 0.1) is 29.1 Å². The van der Waals surface area contributed by atoms with Crippen molar-refractivity contribution >= 4 is 16.8 Å². The molecule has 0 aliphatic carbocycles. The lowest BCUT2D eigenvalue weighted by atomic mass is 10.0. The standard InChI is InChI=1S/C26H26FN7O2/c1-32-14-19-11-17(6-7-22(19)31-32)24-23(16-4-5-18(13-28)21(27)12-16)30-25(34(24)9-10-35)26(36)33-8-2-3-20(29)15-33/h4-7,11-12,14,20,35H,2-3,8-10,15,29H2,1H3/t20-/m1/s1. The number of benzene rings is 2. The number of piperidine rings is 1. The van der Waals surface area contributed by atoms with Crippen LogP contribution in [0.1, 0.15) is 29.0 Å². The summed E-state index contributed by atoms with van der Waals surface area (Å²) in [5.74, 6) is -0.808. The minimum Gasteiger partial charge on any atom is -0.395 e. The largest absolute Gasteiger partial charge is 0.395 e. The van der Waals surface area contributed by atoms with Crippen LogP contribution in [0.15, 0.2) is 42.6 Å². The number of rotatable bonds is 5. The maximum Gasteiger partial charge on any atom is 0.289 e. The van der Waals surface area contributed by atoms with E-state index >= 15 is 0 Å². The lowest BCUT2D eigenvalue weighted by Crippen LogP contribution is -2.46. The number of aryl methyl sites for hydroxylation is 1. The van der Waals surface area contributed by atoms with Crippen molar-refractivity contribution in [1.29, 1.82) is 5.26 Å². The third-order valence-corrected chi connectivity index (χ3v) is 6.48. The molecule has 4 aromatic rings. The maximum atomic E-state index is 14.6. The first-order valence-corrected chi connectivity index (χ1v) is 11.8. The van der Waals surface area contributed by atoms with Crippen molar-refractivity contribution in [2.24, 2.45) is 12.8 Å². The van der Waals surface area contributed by atoms with Crippen molar-refractivity contribution in [2.75, 3.05) is 19.7 Å². The van der Waals surface area contributed by atoms with Crippen LogP contribution in [0.2, 0.25) is 0 Å². The number of amides is 1. The predicted octanol–water partition coefficient (Wildman–Crippen LogP) is 2.67. The highest BCUT2D eigenvalue weighted by Gasteiger charge is 2.30. The number of fused-ring (bicyclic) bond motifs is 1. The zero-order chi connectivity index (χ0) is 25.4. The molecule has 9 nitrogen and oxygen atoms in total. The van der Waals surface area contributed by atoms with Crippen molar-refractivity contribution in [3.8, 4) is 28.6 Å². The average molecular weight is 488 g/mol. The number of carbonyl (C=O) groups is 1. The third-order valence-electron chi connectivity index (χ3n) is 6.48. The minimum absolute atomic E-state index is 0.0783. The molecular weight excluding hydrogens is 461 g/mol. The van der Waals surface area contributed by atoms with Gasteiger partial charge >= 0.3 is 0 Å². The highest BCUT2D eigenvalue weighted by atomic mass is 19.1. The minimum atomic E-state index is -0.671. The Balaban J connectivity index is 1.73. The number of carbonyl (C=O) groups excluding carboxylic acids is 1. The summed E-state index contributed by atoms with van der Waals surface area (Å²) in [7, 11) is 1.83. The van der Waals surface area contributed by atoms with Crippen LogP contribution in [0.5, 0.6) is 0 Å². The van der Waals surface area contributed by atoms with E-state index in [0.29, 0.717) is 30.0 Å². The number of nitriles is 1. The first-order valence-electron chi connectivity index (χ1n) is 11.8. The molecule has 10 heteroatoms. The van der Waals surface area contributed by atoms with Crippen LogP contribution in [0.25, 0.3) is 33.4 Å². The van der Waals surface area contributed by atoms with Gasteiger partial charge < -0.3 is 20.3 Å². The molecule has 1 atom stereocenters. The number of aliphatic hydroxyl groups is 1. The number of aromatic nitrogens is 4. The Morgan fingerprint density at radius 2 is 2.08 bits per heavy atom. The van der Waals surface area contributed by atoms with Crippen molar-refractivity contribution in [3.05, 3.63) is 59.8 Å². The molecule has 36 heavy (non-hydrogen) atoms. The molecule has 2 aromatic carbocycles. The van der Waals surface area contributed by atoms with Crippen molar-refractivity contribution in [2.45, 2.75) is 25.4 Å². The summed E-state index contributed by atoms with van der Waals surface area (Å²) in [5, 5.41) is 24.4. The molecule has 3 N–H and O–H groups in total. The second kappa shape index (κ2) is 9.53. The summed E-state index contributed by atoms with van der Waals surface area (Å²) in [6.07, 6.45) is 3.53. The quantitative estimate of drug-likeness (QED) is 0.446. The molecule has 2 aromatic heterocycles. The van der Waals surface area contributed by atoms with E-state index in [1.54, 1.807) is 20.2 Å². The van der Waals surface area contributed by atoms with Gasteiger partial charge in [0.25, 0.3) is 5.91 Å². The molecule has 1 saturated heterocycles. The molecule has 184 valence electrons. The number of halogens is 1. The Morgan fingerprint density at radius 1 is 1.28 bits per heavy atom. The predicted molar refractivity (Wildman–Crippen MR) is 132 cm³/mol. The number of imidazole rings is 1. The molecule has 1 aliphatic rings. The Hall–Kier alpha value is -4.07. The summed E-state index contributed by atoms with van der Waals surface area (Å²) < 4.78 is 18.0. The first kappa shape index (κ1) is 23.7. The van der Waals surface area contributed by atoms with Gasteiger partial charge in [0.15, 0.2) is 5.82 Å². The van der Waals surface area contributed by atoms with Gasteiger partial charge in [0, 0.05) is 55.4 Å². The fourth-order valence-corrected chi connectivity index (χ4v) is 4.81. The van der Waals surface area contributed by atoms with Gasteiger partial charge in [0.1, 0.15) is 11.9 Å². The topological polar surface area (TPSA) is 126 Å². The van der Waals surface area contributed by atoms with Crippen molar-refractivity contribution < 1.29 is 14.3 Å². The second-order valence-electron chi connectivity index (χ2n) is 9.04. The number of hydrogen-bond acceptors (Lipinski definition) is 6. The number of likely N-dealkylation sites (tertiary alicyclic amines) is 1. The Bertz CT molecular complexity index is 1500. The van der Waals surface area contributed by atoms with Crippen LogP contribution in [0.4, 0.5) is 4.39 Å². The normalized spacial score (nSPS) is 15.9. The molecule has 0 saturated carbocycles. The van der Waals surface area contributed by atoms with E-state index in [2.05, 4.69) is 5.10 Å². The molecule has 0 unspecified atom stereocenters. The highest BCUT2D eigenvalue weighted by molar-refractivity contribution is 5.95. The second-order valence-corrected chi connectivity index (χ2v) is 9.04. The SMILES string of the molecule is Cn1cc2cc(-c3c(-c4ccc(C#N)c(F)c4)nc(C(=O)N4CCC[C@@H](N)C4)n3CCO)ccc2n1. The zero-order valence-electron chi connectivity index (χ0n) is 19.9. The lowest BCUT2D eigenvalue weighted by Gasteiger charge is -2.30. The number of nitrogens with two attached hydrogens (primary N) is 1. The van der Waals surface area contributed by atoms with Crippen LogP contribution in [0.3, 0.4) is 0 Å². The molecular formula is C26H26FN7O2. The van der Waals surface area contributed by atoms with E-state index in [1.807, 2.05) is 37.5 Å². The summed E-state index contributed by atoms with van der Waals surface area (Å²) in [6.45, 7) is 0.881. The summed E-state index contributed by atoms with van der Waals surface area (Å²) >= 11 is 0. The van der Waals surface area contributed by atoms with Gasteiger partial charge in [0.2, 0.25) is 0 Å². The smallest absolute Gasteiger partial charge is 0.289 e. The zero-order valence-corrected chi connectivity index (χ0v) is 19.9. The van der Waals surface area contributed by atoms with Crippen LogP contribution < -0.4 is 5.73 Å². The third kappa shape index (κ3) is 4.23. The maximum absolute atomic E-state index is 14.6. The van der Waals surface area contributed by atoms with E-state index < -0.39 is 5.82 Å². The fourth-order valence-electron chi connectivity index (χ4n) is 4.81. The Labute approximate surface area is 207 Å². The van der Waals surface area contributed by atoms with Gasteiger partial charge in [-0.05, 0) is 37.1 Å². The molecule has 3 heterocycles. The Morgan fingerprint density at radius 3 is 2.81 bits per heavy atom. The fraction of sp³-hybridized carbons (Fsp3) is 0.308. The van der Waals surface area contributed by atoms with Gasteiger partial charge in [-0.15, -0.1) is 0 Å². The van der Waals surface area contributed by atoms with E-state index in [0.717, 1.165) is 29.3 Å². The summed E-state index contributed by atoms with van der Waals surface area (Å²) in [5.41, 5.74) is 8.97. The van der Waals surface area contributed by atoms with Crippen LogP contribution in [-0.4, -0.2) is 61.0 Å². The van der Waals surface area contributed by atoms with Crippen molar-refractivity contribution in [3.63, 3.8) is 0 Å². The average Bonchev–Trinajstić information content (AvgIpc) is 3.43. The van der Waals surface area contributed by atoms with Crippen molar-refractivity contribution in [1.82, 2.24) is 24.2 Å². The molecule has 5 rings (SSSR count). The highest BCUT2D eigenvalue weighted by Crippen LogP contribution is 2.35. The molecule has 1 aliphatic heterocycles. The van der Waals surface area contributed by atoms with E-state index in [9.17, 15) is 14.3 Å². The number of nitrogens with zero attached hydrogens (tertiary/aromatic N) is 6. The molecule has 0 radical (unpaired) electrons. The van der Waals surface area contributed by atoms with Crippen LogP contribution in [-0.2, 0) is 13.6 Å². The van der Waals surface area contributed by atoms with E-state index in [-0.39, 0.29) is 36.5 Å². The summed E-state index contributed by atoms with van der Waals surface area (Å²) in [6, 6.07) is 11.7. The van der Waals surface area contributed by atoms with E-state index in [1.165, 1.54) is 12.1 Å². The van der Waals surface area contributed by atoms with Crippen LogP contribution >= 0.6 is 0 Å². The molecule has 1 amide bonds. The van der Waals surface area contributed by atoms with Gasteiger partial charge in [-0.2, -0.15) is 10.4 Å².